The molecular weight excluding hydrogens is 394 g/mol. The lowest BCUT2D eigenvalue weighted by Crippen LogP contribution is -2.38. The lowest BCUT2D eigenvalue weighted by molar-refractivity contribution is 0.199. The van der Waals surface area contributed by atoms with Gasteiger partial charge in [0.2, 0.25) is 0 Å². The fourth-order valence-corrected chi connectivity index (χ4v) is 3.08. The number of hydrogen-bond acceptors (Lipinski definition) is 6. The van der Waals surface area contributed by atoms with Crippen molar-refractivity contribution in [2.24, 2.45) is 0 Å². The average Bonchev–Trinajstić information content (AvgIpc) is 2.78. The van der Waals surface area contributed by atoms with Crippen molar-refractivity contribution in [3.63, 3.8) is 0 Å². The van der Waals surface area contributed by atoms with Crippen LogP contribution in [0.5, 0.6) is 5.75 Å². The first kappa shape index (κ1) is 22.0. The number of carbonyl (C=O) groups is 1. The van der Waals surface area contributed by atoms with Crippen molar-refractivity contribution in [2.75, 3.05) is 44.0 Å². The quantitative estimate of drug-likeness (QED) is 0.515. The third kappa shape index (κ3) is 6.42. The van der Waals surface area contributed by atoms with E-state index in [1.165, 1.54) is 17.4 Å². The Labute approximate surface area is 182 Å². The van der Waals surface area contributed by atoms with Gasteiger partial charge in [-0.15, -0.1) is 0 Å². The van der Waals surface area contributed by atoms with Crippen molar-refractivity contribution in [2.45, 2.75) is 6.04 Å². The third-order valence-electron chi connectivity index (χ3n) is 4.68. The minimum Gasteiger partial charge on any atom is -0.492 e. The molecule has 0 aliphatic heterocycles. The topological polar surface area (TPSA) is 90.8 Å². The molecule has 162 valence electrons. The highest BCUT2D eigenvalue weighted by Gasteiger charge is 2.27. The number of nitrogens with one attached hydrogen (secondary N) is 1. The Hall–Kier alpha value is -3.65. The molecule has 0 aliphatic rings. The third-order valence-corrected chi connectivity index (χ3v) is 4.68. The zero-order chi connectivity index (χ0) is 22.1. The summed E-state index contributed by atoms with van der Waals surface area (Å²) < 4.78 is 5.72. The zero-order valence-electron chi connectivity index (χ0n) is 17.7. The SMILES string of the molecule is CN(C)CCOc1ccc(NC[C@H](c2ccccc2)N(C(=O)O)c2ccncn2)cc1. The van der Waals surface area contributed by atoms with Crippen LogP contribution in [0.3, 0.4) is 0 Å². The van der Waals surface area contributed by atoms with Gasteiger partial charge >= 0.3 is 6.09 Å². The second-order valence-electron chi connectivity index (χ2n) is 7.20. The summed E-state index contributed by atoms with van der Waals surface area (Å²) in [5.41, 5.74) is 1.73. The Morgan fingerprint density at radius 3 is 2.45 bits per heavy atom. The molecule has 0 aliphatic carbocycles. The minimum absolute atomic E-state index is 0.322. The molecule has 8 heteroatoms. The number of nitrogens with zero attached hydrogens (tertiary/aromatic N) is 4. The first-order chi connectivity index (χ1) is 15.0. The normalized spacial score (nSPS) is 11.7. The molecule has 3 rings (SSSR count). The molecule has 0 fully saturated rings. The molecule has 1 atom stereocenters. The summed E-state index contributed by atoms with van der Waals surface area (Å²) in [6, 6.07) is 18.2. The summed E-state index contributed by atoms with van der Waals surface area (Å²) in [7, 11) is 4.00. The highest BCUT2D eigenvalue weighted by atomic mass is 16.5. The van der Waals surface area contributed by atoms with Gasteiger partial charge in [0, 0.05) is 25.0 Å². The molecule has 0 radical (unpaired) electrons. The van der Waals surface area contributed by atoms with E-state index in [4.69, 9.17) is 4.74 Å². The second kappa shape index (κ2) is 10.9. The van der Waals surface area contributed by atoms with Crippen molar-refractivity contribution in [1.82, 2.24) is 14.9 Å². The predicted molar refractivity (Wildman–Crippen MR) is 121 cm³/mol. The van der Waals surface area contributed by atoms with E-state index in [2.05, 4.69) is 20.2 Å². The Balaban J connectivity index is 1.75. The predicted octanol–water partition coefficient (Wildman–Crippen LogP) is 3.75. The standard InChI is InChI=1S/C23H27N5O3/c1-27(2)14-15-31-20-10-8-19(9-11-20)25-16-21(18-6-4-3-5-7-18)28(23(29)30)22-12-13-24-17-26-22/h3-13,17,21,25H,14-16H2,1-2H3,(H,29,30)/t21-/m1/s1. The highest BCUT2D eigenvalue weighted by molar-refractivity contribution is 5.85. The molecular formula is C23H27N5O3. The van der Waals surface area contributed by atoms with Gasteiger partial charge in [-0.05, 0) is 50.0 Å². The monoisotopic (exact) mass is 421 g/mol. The largest absolute Gasteiger partial charge is 0.492 e. The smallest absolute Gasteiger partial charge is 0.413 e. The molecule has 1 amide bonds. The fourth-order valence-electron chi connectivity index (χ4n) is 3.08. The number of carboxylic acid groups (broad SMARTS) is 1. The van der Waals surface area contributed by atoms with Crippen molar-refractivity contribution in [3.8, 4) is 5.75 Å². The van der Waals surface area contributed by atoms with E-state index in [0.717, 1.165) is 23.5 Å². The fraction of sp³-hybridized carbons (Fsp3) is 0.261. The van der Waals surface area contributed by atoms with Gasteiger partial charge in [-0.25, -0.2) is 14.8 Å². The summed E-state index contributed by atoms with van der Waals surface area (Å²) >= 11 is 0. The van der Waals surface area contributed by atoms with Crippen molar-refractivity contribution < 1.29 is 14.6 Å². The maximum atomic E-state index is 12.1. The van der Waals surface area contributed by atoms with Gasteiger partial charge in [-0.3, -0.25) is 4.90 Å². The molecule has 2 aromatic carbocycles. The van der Waals surface area contributed by atoms with E-state index in [1.54, 1.807) is 6.07 Å². The summed E-state index contributed by atoms with van der Waals surface area (Å²) in [6.07, 6.45) is 1.79. The maximum absolute atomic E-state index is 12.1. The maximum Gasteiger partial charge on any atom is 0.413 e. The Morgan fingerprint density at radius 2 is 1.84 bits per heavy atom. The Bertz CT molecular complexity index is 936. The van der Waals surface area contributed by atoms with Gasteiger partial charge in [-0.1, -0.05) is 30.3 Å². The van der Waals surface area contributed by atoms with Crippen LogP contribution in [0.1, 0.15) is 11.6 Å². The van der Waals surface area contributed by atoms with Crippen molar-refractivity contribution >= 4 is 17.6 Å². The van der Waals surface area contributed by atoms with Gasteiger partial charge in [0.1, 0.15) is 24.5 Å². The molecule has 0 bridgehead atoms. The lowest BCUT2D eigenvalue weighted by Gasteiger charge is -2.29. The molecule has 3 aromatic rings. The molecule has 0 saturated heterocycles. The van der Waals surface area contributed by atoms with Gasteiger partial charge < -0.3 is 20.1 Å². The minimum atomic E-state index is -1.08. The highest BCUT2D eigenvalue weighted by Crippen LogP contribution is 2.27. The van der Waals surface area contributed by atoms with Crippen LogP contribution in [0.4, 0.5) is 16.3 Å². The number of aromatic nitrogens is 2. The van der Waals surface area contributed by atoms with E-state index < -0.39 is 12.1 Å². The first-order valence-corrected chi connectivity index (χ1v) is 9.99. The van der Waals surface area contributed by atoms with Gasteiger partial charge in [0.05, 0.1) is 6.04 Å². The molecule has 1 heterocycles. The van der Waals surface area contributed by atoms with Crippen LogP contribution in [-0.2, 0) is 0 Å². The van der Waals surface area contributed by atoms with Crippen LogP contribution in [0.2, 0.25) is 0 Å². The Kier molecular flexibility index (Phi) is 7.78. The molecule has 0 unspecified atom stereocenters. The molecule has 1 aromatic heterocycles. The van der Waals surface area contributed by atoms with Crippen LogP contribution >= 0.6 is 0 Å². The second-order valence-corrected chi connectivity index (χ2v) is 7.20. The molecule has 8 nitrogen and oxygen atoms in total. The van der Waals surface area contributed by atoms with Crippen LogP contribution in [0, 0.1) is 0 Å². The van der Waals surface area contributed by atoms with Crippen LogP contribution in [0.25, 0.3) is 0 Å². The van der Waals surface area contributed by atoms with Gasteiger partial charge in [-0.2, -0.15) is 0 Å². The van der Waals surface area contributed by atoms with Crippen LogP contribution in [0.15, 0.2) is 73.2 Å². The van der Waals surface area contributed by atoms with E-state index >= 15 is 0 Å². The molecule has 0 spiro atoms. The molecule has 0 saturated carbocycles. The molecule has 2 N–H and O–H groups in total. The summed E-state index contributed by atoms with van der Waals surface area (Å²) in [5.74, 6) is 1.11. The van der Waals surface area contributed by atoms with Crippen molar-refractivity contribution in [3.05, 3.63) is 78.8 Å². The molecule has 31 heavy (non-hydrogen) atoms. The van der Waals surface area contributed by atoms with E-state index in [-0.39, 0.29) is 0 Å². The number of benzene rings is 2. The van der Waals surface area contributed by atoms with E-state index in [0.29, 0.717) is 19.0 Å². The number of likely N-dealkylation sites (N-methyl/N-ethyl adjacent to an activating group) is 1. The number of anilines is 2. The van der Waals surface area contributed by atoms with Crippen LogP contribution < -0.4 is 15.0 Å². The van der Waals surface area contributed by atoms with Crippen LogP contribution in [-0.4, -0.2) is 59.9 Å². The lowest BCUT2D eigenvalue weighted by atomic mass is 10.1. The Morgan fingerprint density at radius 1 is 1.10 bits per heavy atom. The number of amides is 1. The van der Waals surface area contributed by atoms with Gasteiger partial charge in [0.25, 0.3) is 0 Å². The summed E-state index contributed by atoms with van der Waals surface area (Å²) in [4.78, 5) is 23.5. The van der Waals surface area contributed by atoms with Gasteiger partial charge in [0.15, 0.2) is 0 Å². The average molecular weight is 422 g/mol. The zero-order valence-corrected chi connectivity index (χ0v) is 17.7. The summed E-state index contributed by atoms with van der Waals surface area (Å²) in [6.45, 7) is 1.82. The number of ether oxygens (including phenoxy) is 1. The summed E-state index contributed by atoms with van der Waals surface area (Å²) in [5, 5.41) is 13.3. The number of hydrogen-bond donors (Lipinski definition) is 2. The number of rotatable bonds is 10. The first-order valence-electron chi connectivity index (χ1n) is 9.99. The van der Waals surface area contributed by atoms with Crippen molar-refractivity contribution in [1.29, 1.82) is 0 Å². The van der Waals surface area contributed by atoms with E-state index in [1.807, 2.05) is 68.7 Å². The van der Waals surface area contributed by atoms with E-state index in [9.17, 15) is 9.90 Å².